The van der Waals surface area contributed by atoms with E-state index in [4.69, 9.17) is 28.6 Å². The van der Waals surface area contributed by atoms with E-state index in [1.807, 2.05) is 12.1 Å². The summed E-state index contributed by atoms with van der Waals surface area (Å²) in [6.45, 7) is 1.69. The molecule has 0 saturated heterocycles. The van der Waals surface area contributed by atoms with Gasteiger partial charge < -0.3 is 33.8 Å². The summed E-state index contributed by atoms with van der Waals surface area (Å²) in [5.74, 6) is 2.61. The van der Waals surface area contributed by atoms with Crippen molar-refractivity contribution in [3.05, 3.63) is 71.6 Å². The summed E-state index contributed by atoms with van der Waals surface area (Å²) in [5.41, 5.74) is 2.20. The van der Waals surface area contributed by atoms with E-state index < -0.39 is 0 Å². The SMILES string of the molecule is COc1ccc(-c2cc(=NO)c3c(OC)cc(OC)c(Oc4ccc(C(C)=NO)cc4)c3o2)cc1. The molecule has 1 heterocycles. The third-order valence-electron chi connectivity index (χ3n) is 5.47. The zero-order valence-corrected chi connectivity index (χ0v) is 19.6. The van der Waals surface area contributed by atoms with Crippen molar-refractivity contribution in [2.45, 2.75) is 6.92 Å². The van der Waals surface area contributed by atoms with Crippen LogP contribution in [0.2, 0.25) is 0 Å². The quantitative estimate of drug-likeness (QED) is 0.208. The fraction of sp³-hybridized carbons (Fsp3) is 0.154. The smallest absolute Gasteiger partial charge is 0.212 e. The van der Waals surface area contributed by atoms with Gasteiger partial charge in [0.15, 0.2) is 11.3 Å². The van der Waals surface area contributed by atoms with Gasteiger partial charge in [0.2, 0.25) is 5.75 Å². The van der Waals surface area contributed by atoms with Crippen LogP contribution in [0.4, 0.5) is 0 Å². The van der Waals surface area contributed by atoms with Gasteiger partial charge in [-0.2, -0.15) is 0 Å². The van der Waals surface area contributed by atoms with Crippen molar-refractivity contribution < 1.29 is 33.8 Å². The highest BCUT2D eigenvalue weighted by atomic mass is 16.5. The van der Waals surface area contributed by atoms with E-state index in [9.17, 15) is 5.21 Å². The van der Waals surface area contributed by atoms with Crippen molar-refractivity contribution in [2.75, 3.05) is 21.3 Å². The van der Waals surface area contributed by atoms with Crippen LogP contribution in [-0.2, 0) is 0 Å². The van der Waals surface area contributed by atoms with Crippen molar-refractivity contribution in [3.63, 3.8) is 0 Å². The molecule has 0 atom stereocenters. The Kier molecular flexibility index (Phi) is 6.77. The molecule has 1 aromatic heterocycles. The third-order valence-corrected chi connectivity index (χ3v) is 5.47. The molecule has 0 amide bonds. The number of benzene rings is 3. The van der Waals surface area contributed by atoms with Crippen LogP contribution in [-0.4, -0.2) is 37.5 Å². The van der Waals surface area contributed by atoms with Crippen LogP contribution in [0.3, 0.4) is 0 Å². The number of fused-ring (bicyclic) bond motifs is 1. The van der Waals surface area contributed by atoms with Gasteiger partial charge in [-0.25, -0.2) is 0 Å². The molecule has 0 bridgehead atoms. The fourth-order valence-corrected chi connectivity index (χ4v) is 3.60. The normalized spacial score (nSPS) is 12.0. The lowest BCUT2D eigenvalue weighted by Crippen LogP contribution is -2.07. The maximum Gasteiger partial charge on any atom is 0.212 e. The summed E-state index contributed by atoms with van der Waals surface area (Å²) in [6.07, 6.45) is 0. The Balaban J connectivity index is 1.94. The molecule has 0 aliphatic heterocycles. The van der Waals surface area contributed by atoms with E-state index in [2.05, 4.69) is 10.3 Å². The Morgan fingerprint density at radius 2 is 1.46 bits per heavy atom. The second-order valence-electron chi connectivity index (χ2n) is 7.45. The van der Waals surface area contributed by atoms with Crippen LogP contribution < -0.4 is 24.3 Å². The van der Waals surface area contributed by atoms with Gasteiger partial charge in [-0.3, -0.25) is 0 Å². The minimum absolute atomic E-state index is 0.228. The number of methoxy groups -OCH3 is 3. The minimum atomic E-state index is 0.228. The molecule has 0 radical (unpaired) electrons. The summed E-state index contributed by atoms with van der Waals surface area (Å²) in [5, 5.41) is 26.2. The highest BCUT2D eigenvalue weighted by Gasteiger charge is 2.21. The Morgan fingerprint density at radius 3 is 2.03 bits per heavy atom. The van der Waals surface area contributed by atoms with E-state index in [1.54, 1.807) is 62.6 Å². The second kappa shape index (κ2) is 10.1. The van der Waals surface area contributed by atoms with E-state index in [-0.39, 0.29) is 16.7 Å². The van der Waals surface area contributed by atoms with Gasteiger partial charge in [0.1, 0.15) is 28.4 Å². The minimum Gasteiger partial charge on any atom is -0.497 e. The summed E-state index contributed by atoms with van der Waals surface area (Å²) in [6, 6.07) is 17.5. The predicted molar refractivity (Wildman–Crippen MR) is 129 cm³/mol. The Bertz CT molecular complexity index is 1440. The zero-order valence-electron chi connectivity index (χ0n) is 19.6. The van der Waals surface area contributed by atoms with Gasteiger partial charge in [0.05, 0.1) is 32.4 Å². The van der Waals surface area contributed by atoms with Crippen LogP contribution in [0.1, 0.15) is 12.5 Å². The lowest BCUT2D eigenvalue weighted by atomic mass is 10.1. The van der Waals surface area contributed by atoms with Crippen LogP contribution in [0.25, 0.3) is 22.3 Å². The number of ether oxygens (including phenoxy) is 4. The molecule has 180 valence electrons. The number of hydrogen-bond donors (Lipinski definition) is 2. The lowest BCUT2D eigenvalue weighted by molar-refractivity contribution is 0.302. The monoisotopic (exact) mass is 476 g/mol. The molecule has 0 aliphatic rings. The van der Waals surface area contributed by atoms with Crippen molar-refractivity contribution in [3.8, 4) is 40.1 Å². The van der Waals surface area contributed by atoms with Gasteiger partial charge >= 0.3 is 0 Å². The van der Waals surface area contributed by atoms with Crippen molar-refractivity contribution in [1.29, 1.82) is 0 Å². The van der Waals surface area contributed by atoms with Crippen molar-refractivity contribution in [2.24, 2.45) is 10.3 Å². The zero-order chi connectivity index (χ0) is 24.9. The Morgan fingerprint density at radius 1 is 0.800 bits per heavy atom. The van der Waals surface area contributed by atoms with E-state index in [1.165, 1.54) is 14.2 Å². The molecule has 4 rings (SSSR count). The number of nitrogens with zero attached hydrogens (tertiary/aromatic N) is 2. The van der Waals surface area contributed by atoms with Crippen LogP contribution in [0.5, 0.6) is 28.7 Å². The highest BCUT2D eigenvalue weighted by molar-refractivity contribution is 5.98. The second-order valence-corrected chi connectivity index (χ2v) is 7.45. The number of rotatable bonds is 7. The van der Waals surface area contributed by atoms with Crippen molar-refractivity contribution in [1.82, 2.24) is 0 Å². The van der Waals surface area contributed by atoms with Crippen LogP contribution in [0, 0.1) is 0 Å². The van der Waals surface area contributed by atoms with E-state index >= 15 is 0 Å². The maximum absolute atomic E-state index is 9.83. The molecule has 0 aliphatic carbocycles. The summed E-state index contributed by atoms with van der Waals surface area (Å²) >= 11 is 0. The first-order chi connectivity index (χ1) is 17.0. The maximum atomic E-state index is 9.83. The molecule has 0 fully saturated rings. The lowest BCUT2D eigenvalue weighted by Gasteiger charge is -2.16. The molecule has 4 aromatic rings. The Labute approximate surface area is 201 Å². The molecule has 35 heavy (non-hydrogen) atoms. The van der Waals surface area contributed by atoms with Gasteiger partial charge in [0, 0.05) is 17.7 Å². The number of hydrogen-bond acceptors (Lipinski definition) is 9. The van der Waals surface area contributed by atoms with E-state index in [0.717, 1.165) is 11.1 Å². The Hall–Kier alpha value is -4.66. The average molecular weight is 476 g/mol. The van der Waals surface area contributed by atoms with Gasteiger partial charge in [0.25, 0.3) is 0 Å². The highest BCUT2D eigenvalue weighted by Crippen LogP contribution is 2.43. The van der Waals surface area contributed by atoms with Gasteiger partial charge in [-0.05, 0) is 61.0 Å². The predicted octanol–water partition coefficient (Wildman–Crippen LogP) is 5.41. The first-order valence-electron chi connectivity index (χ1n) is 10.5. The summed E-state index contributed by atoms with van der Waals surface area (Å²) in [4.78, 5) is 0. The third kappa shape index (κ3) is 4.56. The molecule has 9 nitrogen and oxygen atoms in total. The molecule has 2 N–H and O–H groups in total. The first kappa shape index (κ1) is 23.5. The van der Waals surface area contributed by atoms with E-state index in [0.29, 0.717) is 39.9 Å². The average Bonchev–Trinajstić information content (AvgIpc) is 2.92. The molecular weight excluding hydrogens is 452 g/mol. The summed E-state index contributed by atoms with van der Waals surface area (Å²) < 4.78 is 28.8. The molecule has 0 unspecified atom stereocenters. The molecule has 0 spiro atoms. The van der Waals surface area contributed by atoms with Crippen LogP contribution >= 0.6 is 0 Å². The fourth-order valence-electron chi connectivity index (χ4n) is 3.60. The largest absolute Gasteiger partial charge is 0.497 e. The standard InChI is InChI=1S/C26H24N2O7/c1-15(27-29)16-5-11-19(12-6-16)34-25-23(33-4)14-22(32-3)24-20(28-30)13-21(35-26(24)25)17-7-9-18(31-2)10-8-17/h5-14,29-30H,1-4H3. The van der Waals surface area contributed by atoms with Gasteiger partial charge in [-0.1, -0.05) is 10.3 Å². The van der Waals surface area contributed by atoms with Crippen molar-refractivity contribution >= 4 is 16.7 Å². The number of oxime groups is 1. The molecular formula is C26H24N2O7. The molecule has 0 saturated carbocycles. The first-order valence-corrected chi connectivity index (χ1v) is 10.5. The van der Waals surface area contributed by atoms with Gasteiger partial charge in [-0.15, -0.1) is 0 Å². The van der Waals surface area contributed by atoms with Crippen LogP contribution in [0.15, 0.2) is 75.4 Å². The molecule has 3 aromatic carbocycles. The topological polar surface area (TPSA) is 115 Å². The summed E-state index contributed by atoms with van der Waals surface area (Å²) in [7, 11) is 4.59. The molecule has 9 heteroatoms.